The van der Waals surface area contributed by atoms with E-state index in [1.165, 1.54) is 0 Å². The molecule has 6 heteroatoms. The maximum atomic E-state index is 9.02. The van der Waals surface area contributed by atoms with E-state index in [4.69, 9.17) is 10.00 Å². The third kappa shape index (κ3) is 2.99. The summed E-state index contributed by atoms with van der Waals surface area (Å²) in [6.07, 6.45) is 0.406. The molecule has 0 spiro atoms. The lowest BCUT2D eigenvalue weighted by atomic mass is 10.2. The van der Waals surface area contributed by atoms with Gasteiger partial charge in [0.25, 0.3) is 0 Å². The highest BCUT2D eigenvalue weighted by Gasteiger charge is 2.24. The number of nitrogens with zero attached hydrogens (tertiary/aromatic N) is 4. The summed E-state index contributed by atoms with van der Waals surface area (Å²) in [5.41, 5.74) is 1.03. The van der Waals surface area contributed by atoms with Crippen molar-refractivity contribution in [2.75, 3.05) is 36.5 Å². The van der Waals surface area contributed by atoms with Gasteiger partial charge in [-0.05, 0) is 13.8 Å². The second-order valence-electron chi connectivity index (χ2n) is 4.76. The average Bonchev–Trinajstić information content (AvgIpc) is 2.49. The molecule has 1 N–H and O–H groups in total. The Hall–Kier alpha value is -1.87. The SMILES string of the molecule is CCNc1nc(CC)nc(N2CCOC(C#N)C2)c1C. The highest BCUT2D eigenvalue weighted by atomic mass is 16.5. The van der Waals surface area contributed by atoms with Crippen LogP contribution in [0.2, 0.25) is 0 Å². The molecule has 20 heavy (non-hydrogen) atoms. The van der Waals surface area contributed by atoms with Crippen LogP contribution in [-0.4, -0.2) is 42.3 Å². The van der Waals surface area contributed by atoms with Crippen molar-refractivity contribution < 1.29 is 4.74 Å². The summed E-state index contributed by atoms with van der Waals surface area (Å²) in [4.78, 5) is 11.3. The number of nitrogens with one attached hydrogen (secondary N) is 1. The molecule has 108 valence electrons. The standard InChI is InChI=1S/C14H21N5O/c1-4-12-17-13(16-5-2)10(3)14(18-12)19-6-7-20-11(8-15)9-19/h11H,4-7,9H2,1-3H3,(H,16,17,18). The van der Waals surface area contributed by atoms with E-state index in [-0.39, 0.29) is 6.10 Å². The van der Waals surface area contributed by atoms with Gasteiger partial charge in [0.2, 0.25) is 0 Å². The Morgan fingerprint density at radius 1 is 1.45 bits per heavy atom. The van der Waals surface area contributed by atoms with Crippen molar-refractivity contribution in [2.45, 2.75) is 33.3 Å². The van der Waals surface area contributed by atoms with Gasteiger partial charge in [-0.3, -0.25) is 0 Å². The Bertz CT molecular complexity index is 511. The van der Waals surface area contributed by atoms with Crippen molar-refractivity contribution in [1.29, 1.82) is 5.26 Å². The molecule has 0 saturated carbocycles. The molecule has 1 saturated heterocycles. The Balaban J connectivity index is 2.34. The fraction of sp³-hybridized carbons (Fsp3) is 0.643. The normalized spacial score (nSPS) is 18.7. The zero-order valence-corrected chi connectivity index (χ0v) is 12.3. The highest BCUT2D eigenvalue weighted by molar-refractivity contribution is 5.59. The number of morpholine rings is 1. The molecule has 1 aliphatic rings. The van der Waals surface area contributed by atoms with E-state index in [0.29, 0.717) is 13.2 Å². The van der Waals surface area contributed by atoms with Gasteiger partial charge in [-0.1, -0.05) is 6.92 Å². The third-order valence-electron chi connectivity index (χ3n) is 3.34. The summed E-state index contributed by atoms with van der Waals surface area (Å²) in [5, 5.41) is 12.3. The Labute approximate surface area is 119 Å². The predicted octanol–water partition coefficient (Wildman–Crippen LogP) is 1.51. The number of hydrogen-bond donors (Lipinski definition) is 1. The Kier molecular flexibility index (Phi) is 4.74. The minimum Gasteiger partial charge on any atom is -0.370 e. The molecule has 2 rings (SSSR count). The maximum Gasteiger partial charge on any atom is 0.161 e. The fourth-order valence-corrected chi connectivity index (χ4v) is 2.28. The van der Waals surface area contributed by atoms with Crippen molar-refractivity contribution in [3.63, 3.8) is 0 Å². The Morgan fingerprint density at radius 2 is 2.25 bits per heavy atom. The zero-order chi connectivity index (χ0) is 14.5. The third-order valence-corrected chi connectivity index (χ3v) is 3.34. The summed E-state index contributed by atoms with van der Waals surface area (Å²) in [7, 11) is 0. The molecular formula is C14H21N5O. The van der Waals surface area contributed by atoms with Crippen LogP contribution in [0.4, 0.5) is 11.6 Å². The zero-order valence-electron chi connectivity index (χ0n) is 12.3. The van der Waals surface area contributed by atoms with Crippen molar-refractivity contribution in [2.24, 2.45) is 0 Å². The van der Waals surface area contributed by atoms with E-state index in [1.54, 1.807) is 0 Å². The lowest BCUT2D eigenvalue weighted by Crippen LogP contribution is -2.42. The van der Waals surface area contributed by atoms with Crippen LogP contribution in [0.5, 0.6) is 0 Å². The minimum absolute atomic E-state index is 0.384. The minimum atomic E-state index is -0.384. The average molecular weight is 275 g/mol. The van der Waals surface area contributed by atoms with Gasteiger partial charge < -0.3 is 15.0 Å². The summed E-state index contributed by atoms with van der Waals surface area (Å²) in [6, 6.07) is 2.17. The summed E-state index contributed by atoms with van der Waals surface area (Å²) in [5.74, 6) is 2.62. The Morgan fingerprint density at radius 3 is 2.90 bits per heavy atom. The molecule has 1 aromatic heterocycles. The monoisotopic (exact) mass is 275 g/mol. The van der Waals surface area contributed by atoms with E-state index in [0.717, 1.165) is 42.5 Å². The van der Waals surface area contributed by atoms with Crippen LogP contribution >= 0.6 is 0 Å². The molecule has 1 aliphatic heterocycles. The summed E-state index contributed by atoms with van der Waals surface area (Å²) >= 11 is 0. The van der Waals surface area contributed by atoms with Crippen LogP contribution in [0.25, 0.3) is 0 Å². The van der Waals surface area contributed by atoms with Crippen LogP contribution in [0.3, 0.4) is 0 Å². The van der Waals surface area contributed by atoms with E-state index >= 15 is 0 Å². The maximum absolute atomic E-state index is 9.02. The molecule has 0 amide bonds. The number of aryl methyl sites for hydroxylation is 1. The molecule has 2 heterocycles. The first-order chi connectivity index (χ1) is 9.69. The van der Waals surface area contributed by atoms with Gasteiger partial charge in [0.1, 0.15) is 17.5 Å². The van der Waals surface area contributed by atoms with Crippen molar-refractivity contribution in [3.05, 3.63) is 11.4 Å². The van der Waals surface area contributed by atoms with Gasteiger partial charge in [0.05, 0.1) is 19.2 Å². The molecule has 1 fully saturated rings. The van der Waals surface area contributed by atoms with Gasteiger partial charge in [0, 0.05) is 25.1 Å². The first-order valence-electron chi connectivity index (χ1n) is 7.07. The molecule has 1 atom stereocenters. The second-order valence-corrected chi connectivity index (χ2v) is 4.76. The molecule has 1 aromatic rings. The quantitative estimate of drug-likeness (QED) is 0.897. The number of aromatic nitrogens is 2. The number of rotatable bonds is 4. The summed E-state index contributed by atoms with van der Waals surface area (Å²) < 4.78 is 5.39. The number of hydrogen-bond acceptors (Lipinski definition) is 6. The lowest BCUT2D eigenvalue weighted by Gasteiger charge is -2.32. The van der Waals surface area contributed by atoms with Crippen molar-refractivity contribution in [3.8, 4) is 6.07 Å². The molecule has 1 unspecified atom stereocenters. The van der Waals surface area contributed by atoms with E-state index in [9.17, 15) is 0 Å². The molecule has 0 bridgehead atoms. The predicted molar refractivity (Wildman–Crippen MR) is 77.9 cm³/mol. The molecule has 0 radical (unpaired) electrons. The van der Waals surface area contributed by atoms with Crippen LogP contribution in [0.15, 0.2) is 0 Å². The van der Waals surface area contributed by atoms with Gasteiger partial charge in [0.15, 0.2) is 6.10 Å². The number of nitriles is 1. The largest absolute Gasteiger partial charge is 0.370 e. The van der Waals surface area contributed by atoms with E-state index in [1.807, 2.05) is 20.8 Å². The van der Waals surface area contributed by atoms with Gasteiger partial charge in [-0.15, -0.1) is 0 Å². The van der Waals surface area contributed by atoms with Crippen LogP contribution < -0.4 is 10.2 Å². The van der Waals surface area contributed by atoms with E-state index in [2.05, 4.69) is 26.3 Å². The topological polar surface area (TPSA) is 74.1 Å². The molecular weight excluding hydrogens is 254 g/mol. The highest BCUT2D eigenvalue weighted by Crippen LogP contribution is 2.25. The van der Waals surface area contributed by atoms with Crippen molar-refractivity contribution >= 4 is 11.6 Å². The van der Waals surface area contributed by atoms with Gasteiger partial charge in [-0.2, -0.15) is 5.26 Å². The summed E-state index contributed by atoms with van der Waals surface area (Å²) in [6.45, 7) is 8.80. The van der Waals surface area contributed by atoms with Crippen molar-refractivity contribution in [1.82, 2.24) is 9.97 Å². The number of ether oxygens (including phenoxy) is 1. The molecule has 0 aromatic carbocycles. The lowest BCUT2D eigenvalue weighted by molar-refractivity contribution is 0.0761. The second kappa shape index (κ2) is 6.53. The van der Waals surface area contributed by atoms with Crippen LogP contribution in [0, 0.1) is 18.3 Å². The fourth-order valence-electron chi connectivity index (χ4n) is 2.28. The van der Waals surface area contributed by atoms with Gasteiger partial charge >= 0.3 is 0 Å². The van der Waals surface area contributed by atoms with E-state index < -0.39 is 0 Å². The first kappa shape index (κ1) is 14.5. The first-order valence-corrected chi connectivity index (χ1v) is 7.07. The molecule has 0 aliphatic carbocycles. The van der Waals surface area contributed by atoms with Gasteiger partial charge in [-0.25, -0.2) is 9.97 Å². The molecule has 6 nitrogen and oxygen atoms in total. The smallest absolute Gasteiger partial charge is 0.161 e. The van der Waals surface area contributed by atoms with Crippen LogP contribution in [-0.2, 0) is 11.2 Å². The number of anilines is 2. The van der Waals surface area contributed by atoms with Crippen LogP contribution in [0.1, 0.15) is 25.2 Å².